The van der Waals surface area contributed by atoms with Crippen molar-refractivity contribution >= 4 is 17.5 Å². The van der Waals surface area contributed by atoms with Crippen LogP contribution in [0.15, 0.2) is 30.5 Å². The Hall–Kier alpha value is -2.63. The first-order valence-electron chi connectivity index (χ1n) is 8.61. The van der Waals surface area contributed by atoms with Crippen LogP contribution in [0.5, 0.6) is 0 Å². The second-order valence-corrected chi connectivity index (χ2v) is 6.55. The minimum Gasteiger partial charge on any atom is -0.349 e. The number of para-hydroxylation sites is 1. The maximum Gasteiger partial charge on any atom is 0.223 e. The smallest absolute Gasteiger partial charge is 0.223 e. The number of hydrogen-bond donors (Lipinski definition) is 1. The van der Waals surface area contributed by atoms with Gasteiger partial charge in [0, 0.05) is 38.8 Å². The highest BCUT2D eigenvalue weighted by Gasteiger charge is 2.27. The number of aromatic nitrogens is 2. The molecular formula is C19H24N4O2. The van der Waals surface area contributed by atoms with Crippen molar-refractivity contribution in [3.05, 3.63) is 47.3 Å². The van der Waals surface area contributed by atoms with E-state index in [4.69, 9.17) is 0 Å². The van der Waals surface area contributed by atoms with E-state index >= 15 is 0 Å². The van der Waals surface area contributed by atoms with Crippen LogP contribution in [0.4, 0.5) is 5.69 Å². The number of nitrogens with one attached hydrogen (secondary N) is 1. The number of aryl methyl sites for hydroxylation is 3. The lowest BCUT2D eigenvalue weighted by molar-refractivity contribution is -0.121. The van der Waals surface area contributed by atoms with Crippen molar-refractivity contribution in [3.8, 4) is 0 Å². The molecule has 25 heavy (non-hydrogen) atoms. The van der Waals surface area contributed by atoms with Crippen LogP contribution in [-0.4, -0.2) is 28.1 Å². The van der Waals surface area contributed by atoms with E-state index in [0.29, 0.717) is 19.4 Å². The Kier molecular flexibility index (Phi) is 4.88. The summed E-state index contributed by atoms with van der Waals surface area (Å²) in [5, 5.41) is 7.43. The van der Waals surface area contributed by atoms with Crippen molar-refractivity contribution < 1.29 is 9.59 Å². The average molecular weight is 340 g/mol. The molecule has 132 valence electrons. The Bertz CT molecular complexity index is 796. The highest BCUT2D eigenvalue weighted by atomic mass is 16.2. The van der Waals surface area contributed by atoms with Gasteiger partial charge in [-0.25, -0.2) is 0 Å². The highest BCUT2D eigenvalue weighted by Crippen LogP contribution is 2.33. The molecule has 6 heteroatoms. The first-order valence-corrected chi connectivity index (χ1v) is 8.61. The average Bonchev–Trinajstić information content (AvgIpc) is 2.90. The molecule has 1 aromatic heterocycles. The highest BCUT2D eigenvalue weighted by molar-refractivity contribution is 5.93. The van der Waals surface area contributed by atoms with E-state index in [0.717, 1.165) is 28.9 Å². The predicted octanol–water partition coefficient (Wildman–Crippen LogP) is 2.28. The Morgan fingerprint density at radius 3 is 2.76 bits per heavy atom. The molecule has 1 unspecified atom stereocenters. The fraction of sp³-hybridized carbons (Fsp3) is 0.421. The summed E-state index contributed by atoms with van der Waals surface area (Å²) in [6.07, 6.45) is 3.80. The second-order valence-electron chi connectivity index (χ2n) is 6.55. The third-order valence-electron chi connectivity index (χ3n) is 4.70. The largest absolute Gasteiger partial charge is 0.349 e. The number of benzene rings is 1. The Balaban J connectivity index is 1.66. The summed E-state index contributed by atoms with van der Waals surface area (Å²) in [4.78, 5) is 26.0. The molecule has 2 heterocycles. The van der Waals surface area contributed by atoms with E-state index in [9.17, 15) is 9.59 Å². The number of rotatable bonds is 4. The summed E-state index contributed by atoms with van der Waals surface area (Å²) in [7, 11) is 1.89. The van der Waals surface area contributed by atoms with Gasteiger partial charge in [0.2, 0.25) is 11.8 Å². The van der Waals surface area contributed by atoms with Gasteiger partial charge in [-0.3, -0.25) is 14.3 Å². The fourth-order valence-electron chi connectivity index (χ4n) is 3.45. The minimum absolute atomic E-state index is 0.0272. The molecule has 0 spiro atoms. The molecule has 2 aromatic rings. The predicted molar refractivity (Wildman–Crippen MR) is 96.2 cm³/mol. The molecule has 1 aliphatic heterocycles. The maximum absolute atomic E-state index is 12.4. The van der Waals surface area contributed by atoms with Gasteiger partial charge in [-0.05, 0) is 37.0 Å². The van der Waals surface area contributed by atoms with Crippen LogP contribution in [0.3, 0.4) is 0 Å². The molecule has 0 fully saturated rings. The minimum atomic E-state index is -0.0469. The van der Waals surface area contributed by atoms with Gasteiger partial charge in [0.25, 0.3) is 0 Å². The lowest BCUT2D eigenvalue weighted by Gasteiger charge is -2.34. The van der Waals surface area contributed by atoms with Crippen molar-refractivity contribution in [2.24, 2.45) is 7.05 Å². The quantitative estimate of drug-likeness (QED) is 0.928. The molecule has 0 saturated heterocycles. The zero-order chi connectivity index (χ0) is 18.0. The van der Waals surface area contributed by atoms with E-state index in [1.54, 1.807) is 16.5 Å². The number of nitrogens with zero attached hydrogens (tertiary/aromatic N) is 3. The molecule has 2 amide bonds. The van der Waals surface area contributed by atoms with Gasteiger partial charge in [0.15, 0.2) is 0 Å². The van der Waals surface area contributed by atoms with Crippen LogP contribution in [0.1, 0.15) is 42.6 Å². The van der Waals surface area contributed by atoms with Crippen LogP contribution >= 0.6 is 0 Å². The molecule has 0 bridgehead atoms. The molecule has 6 nitrogen and oxygen atoms in total. The van der Waals surface area contributed by atoms with E-state index in [1.807, 2.05) is 44.4 Å². The van der Waals surface area contributed by atoms with Gasteiger partial charge in [-0.15, -0.1) is 0 Å². The Morgan fingerprint density at radius 1 is 1.32 bits per heavy atom. The topological polar surface area (TPSA) is 67.2 Å². The van der Waals surface area contributed by atoms with E-state index < -0.39 is 0 Å². The Morgan fingerprint density at radius 2 is 2.08 bits per heavy atom. The van der Waals surface area contributed by atoms with Crippen molar-refractivity contribution in [1.29, 1.82) is 0 Å². The molecule has 0 radical (unpaired) electrons. The summed E-state index contributed by atoms with van der Waals surface area (Å²) in [6, 6.07) is 7.74. The fourth-order valence-corrected chi connectivity index (χ4v) is 3.45. The second kappa shape index (κ2) is 7.09. The van der Waals surface area contributed by atoms with Gasteiger partial charge in [-0.1, -0.05) is 18.2 Å². The van der Waals surface area contributed by atoms with E-state index in [-0.39, 0.29) is 17.9 Å². The van der Waals surface area contributed by atoms with E-state index in [1.165, 1.54) is 0 Å². The van der Waals surface area contributed by atoms with Gasteiger partial charge in [0.1, 0.15) is 0 Å². The molecule has 0 aliphatic carbocycles. The number of anilines is 1. The number of amides is 2. The third-order valence-corrected chi connectivity index (χ3v) is 4.70. The zero-order valence-corrected chi connectivity index (χ0v) is 15.0. The summed E-state index contributed by atoms with van der Waals surface area (Å²) in [5.74, 6) is 0.0589. The molecule has 0 saturated carbocycles. The van der Waals surface area contributed by atoms with Crippen molar-refractivity contribution in [3.63, 3.8) is 0 Å². The Labute approximate surface area is 147 Å². The normalized spacial score (nSPS) is 16.4. The molecule has 3 rings (SSSR count). The van der Waals surface area contributed by atoms with Gasteiger partial charge >= 0.3 is 0 Å². The maximum atomic E-state index is 12.4. The van der Waals surface area contributed by atoms with E-state index in [2.05, 4.69) is 10.4 Å². The first kappa shape index (κ1) is 17.2. The van der Waals surface area contributed by atoms with Gasteiger partial charge in [0.05, 0.1) is 11.7 Å². The van der Waals surface area contributed by atoms with Crippen molar-refractivity contribution in [2.45, 2.75) is 39.2 Å². The van der Waals surface area contributed by atoms with Crippen molar-refractivity contribution in [2.75, 3.05) is 11.4 Å². The zero-order valence-electron chi connectivity index (χ0n) is 15.0. The van der Waals surface area contributed by atoms with Gasteiger partial charge < -0.3 is 10.2 Å². The monoisotopic (exact) mass is 340 g/mol. The molecule has 1 N–H and O–H groups in total. The number of carbonyl (C=O) groups excluding carboxylic acids is 2. The lowest BCUT2D eigenvalue weighted by Crippen LogP contribution is -2.40. The summed E-state index contributed by atoms with van der Waals surface area (Å²) < 4.78 is 1.77. The number of fused-ring (bicyclic) bond motifs is 1. The summed E-state index contributed by atoms with van der Waals surface area (Å²) in [6.45, 7) is 4.16. The van der Waals surface area contributed by atoms with Crippen LogP contribution < -0.4 is 10.2 Å². The number of carbonyl (C=O) groups is 2. The SMILES string of the molecule is CC(=O)N1CCC(NC(=O)CCc2cn(C)nc2C)c2ccccc21. The number of hydrogen-bond acceptors (Lipinski definition) is 3. The molecule has 1 atom stereocenters. The standard InChI is InChI=1S/C19H24N4O2/c1-13-15(12-22(3)21-13)8-9-19(25)20-17-10-11-23(14(2)24)18-7-5-4-6-16(17)18/h4-7,12,17H,8-11H2,1-3H3,(H,20,25). The van der Waals surface area contributed by atoms with Crippen LogP contribution in [0.2, 0.25) is 0 Å². The third kappa shape index (κ3) is 3.73. The molecule has 1 aromatic carbocycles. The molecule has 1 aliphatic rings. The van der Waals surface area contributed by atoms with Gasteiger partial charge in [-0.2, -0.15) is 5.10 Å². The van der Waals surface area contributed by atoms with Crippen LogP contribution in [-0.2, 0) is 23.1 Å². The van der Waals surface area contributed by atoms with Crippen LogP contribution in [0, 0.1) is 6.92 Å². The molecular weight excluding hydrogens is 316 g/mol. The summed E-state index contributed by atoms with van der Waals surface area (Å²) in [5.41, 5.74) is 3.98. The van der Waals surface area contributed by atoms with Crippen LogP contribution in [0.25, 0.3) is 0 Å². The van der Waals surface area contributed by atoms with Crippen molar-refractivity contribution in [1.82, 2.24) is 15.1 Å². The lowest BCUT2D eigenvalue weighted by atomic mass is 9.96. The summed E-state index contributed by atoms with van der Waals surface area (Å²) >= 11 is 0. The first-order chi connectivity index (χ1) is 12.0.